The number of aliphatic carboxylic acids is 1. The summed E-state index contributed by atoms with van der Waals surface area (Å²) in [7, 11) is 0. The van der Waals surface area contributed by atoms with Crippen molar-refractivity contribution < 1.29 is 24.3 Å². The van der Waals surface area contributed by atoms with Crippen LogP contribution in [-0.2, 0) is 25.6 Å². The van der Waals surface area contributed by atoms with Crippen LogP contribution in [-0.4, -0.2) is 58.5 Å². The summed E-state index contributed by atoms with van der Waals surface area (Å²) in [6, 6.07) is 4.47. The number of carboxylic acid groups (broad SMARTS) is 1. The highest BCUT2D eigenvalue weighted by atomic mass is 16.4. The molecule has 0 saturated carbocycles. The molecule has 10 heteroatoms. The Bertz CT molecular complexity index is 972. The lowest BCUT2D eigenvalue weighted by molar-refractivity contribution is -0.141. The zero-order chi connectivity index (χ0) is 22.4. The molecule has 1 aliphatic rings. The molecule has 0 radical (unpaired) electrons. The maximum atomic E-state index is 13.0. The Kier molecular flexibility index (Phi) is 7.24. The predicted octanol–water partition coefficient (Wildman–Crippen LogP) is -0.218. The molecule has 1 aromatic heterocycles. The van der Waals surface area contributed by atoms with Crippen molar-refractivity contribution in [2.24, 2.45) is 5.73 Å². The van der Waals surface area contributed by atoms with Crippen LogP contribution < -0.4 is 21.7 Å². The molecule has 3 rings (SSSR count). The number of benzene rings is 1. The van der Waals surface area contributed by atoms with Crippen molar-refractivity contribution in [2.75, 3.05) is 6.54 Å². The normalized spacial score (nSPS) is 23.6. The molecule has 166 valence electrons. The van der Waals surface area contributed by atoms with Gasteiger partial charge in [0.05, 0.1) is 12.5 Å². The van der Waals surface area contributed by atoms with Gasteiger partial charge >= 0.3 is 5.97 Å². The van der Waals surface area contributed by atoms with E-state index >= 15 is 0 Å². The Morgan fingerprint density at radius 2 is 1.77 bits per heavy atom. The van der Waals surface area contributed by atoms with Gasteiger partial charge in [-0.15, -0.1) is 0 Å². The van der Waals surface area contributed by atoms with Crippen molar-refractivity contribution in [3.8, 4) is 0 Å². The summed E-state index contributed by atoms with van der Waals surface area (Å²) in [5.41, 5.74) is 7.66. The molecule has 3 amide bonds. The lowest BCUT2D eigenvalue weighted by Crippen LogP contribution is -2.56. The van der Waals surface area contributed by atoms with Crippen LogP contribution in [0.2, 0.25) is 0 Å². The fourth-order valence-electron chi connectivity index (χ4n) is 3.62. The van der Waals surface area contributed by atoms with E-state index in [4.69, 9.17) is 10.8 Å². The maximum absolute atomic E-state index is 13.0. The fraction of sp³-hybridized carbons (Fsp3) is 0.429. The number of nitrogens with two attached hydrogens (primary N) is 1. The third-order valence-electron chi connectivity index (χ3n) is 5.32. The first kappa shape index (κ1) is 22.3. The van der Waals surface area contributed by atoms with Gasteiger partial charge in [0.2, 0.25) is 17.7 Å². The molecule has 0 spiro atoms. The van der Waals surface area contributed by atoms with Crippen molar-refractivity contribution in [1.82, 2.24) is 20.9 Å². The second kappa shape index (κ2) is 10.1. The van der Waals surface area contributed by atoms with Crippen LogP contribution in [0.4, 0.5) is 0 Å². The van der Waals surface area contributed by atoms with E-state index in [2.05, 4.69) is 20.9 Å². The molecular formula is C21H27N5O5. The van der Waals surface area contributed by atoms with Crippen molar-refractivity contribution in [1.29, 1.82) is 0 Å². The first-order chi connectivity index (χ1) is 14.8. The summed E-state index contributed by atoms with van der Waals surface area (Å²) in [4.78, 5) is 52.4. The first-order valence-corrected chi connectivity index (χ1v) is 10.3. The van der Waals surface area contributed by atoms with Gasteiger partial charge in [0.1, 0.15) is 12.1 Å². The number of carbonyl (C=O) groups excluding carboxylic acids is 3. The second-order valence-corrected chi connectivity index (χ2v) is 7.68. The molecule has 7 N–H and O–H groups in total. The number of H-pyrrole nitrogens is 1. The molecule has 2 heterocycles. The Hall–Kier alpha value is -3.40. The van der Waals surface area contributed by atoms with Gasteiger partial charge in [-0.05, 0) is 30.9 Å². The summed E-state index contributed by atoms with van der Waals surface area (Å²) in [5, 5.41) is 17.9. The molecule has 10 nitrogen and oxygen atoms in total. The standard InChI is InChI=1S/C21H27N5O5/c22-14-6-3-4-8-23-20(30)17(10-18(27)28)26-21(31)16(25-19(14)29)9-12-11-24-15-7-2-1-5-13(12)15/h1-2,5,7,11,14,16-17,24H,3-4,6,8-10,22H2,(H,23,30)(H,25,29)(H,26,31)(H,27,28)/t14-,16-,17-/m0/s1. The van der Waals surface area contributed by atoms with Crippen molar-refractivity contribution in [2.45, 2.75) is 50.2 Å². The highest BCUT2D eigenvalue weighted by Gasteiger charge is 2.30. The van der Waals surface area contributed by atoms with E-state index in [9.17, 15) is 19.2 Å². The molecule has 1 saturated heterocycles. The van der Waals surface area contributed by atoms with Crippen molar-refractivity contribution >= 4 is 34.6 Å². The van der Waals surface area contributed by atoms with Crippen LogP contribution in [0, 0.1) is 0 Å². The number of hydrogen-bond donors (Lipinski definition) is 6. The lowest BCUT2D eigenvalue weighted by atomic mass is 10.0. The van der Waals surface area contributed by atoms with Gasteiger partial charge in [0.15, 0.2) is 0 Å². The van der Waals surface area contributed by atoms with E-state index in [1.807, 2.05) is 24.3 Å². The number of hydrogen-bond acceptors (Lipinski definition) is 5. The molecular weight excluding hydrogens is 402 g/mol. The van der Waals surface area contributed by atoms with Gasteiger partial charge < -0.3 is 31.8 Å². The lowest BCUT2D eigenvalue weighted by Gasteiger charge is -2.23. The van der Waals surface area contributed by atoms with Crippen LogP contribution in [0.3, 0.4) is 0 Å². The number of aromatic nitrogens is 1. The van der Waals surface area contributed by atoms with Crippen LogP contribution in [0.25, 0.3) is 10.9 Å². The van der Waals surface area contributed by atoms with E-state index in [1.165, 1.54) is 0 Å². The fourth-order valence-corrected chi connectivity index (χ4v) is 3.62. The number of nitrogens with one attached hydrogen (secondary N) is 4. The van der Waals surface area contributed by atoms with Gasteiger partial charge in [-0.1, -0.05) is 18.2 Å². The zero-order valence-corrected chi connectivity index (χ0v) is 17.0. The van der Waals surface area contributed by atoms with Gasteiger partial charge in [0, 0.05) is 30.1 Å². The van der Waals surface area contributed by atoms with Crippen molar-refractivity contribution in [3.63, 3.8) is 0 Å². The van der Waals surface area contributed by atoms with Crippen LogP contribution in [0.15, 0.2) is 30.5 Å². The van der Waals surface area contributed by atoms with E-state index in [1.54, 1.807) is 6.20 Å². The minimum Gasteiger partial charge on any atom is -0.481 e. The number of rotatable bonds is 4. The zero-order valence-electron chi connectivity index (χ0n) is 17.0. The Morgan fingerprint density at radius 1 is 1.03 bits per heavy atom. The summed E-state index contributed by atoms with van der Waals surface area (Å²) in [6.07, 6.45) is 2.93. The average Bonchev–Trinajstić information content (AvgIpc) is 3.14. The summed E-state index contributed by atoms with van der Waals surface area (Å²) >= 11 is 0. The molecule has 1 aliphatic heterocycles. The van der Waals surface area contributed by atoms with Gasteiger partial charge in [-0.3, -0.25) is 19.2 Å². The topological polar surface area (TPSA) is 166 Å². The quantitative estimate of drug-likeness (QED) is 0.393. The second-order valence-electron chi connectivity index (χ2n) is 7.68. The minimum absolute atomic E-state index is 0.149. The van der Waals surface area contributed by atoms with Gasteiger partial charge in [-0.2, -0.15) is 0 Å². The van der Waals surface area contributed by atoms with Gasteiger partial charge in [0.25, 0.3) is 0 Å². The average molecular weight is 429 g/mol. The first-order valence-electron chi connectivity index (χ1n) is 10.3. The number of fused-ring (bicyclic) bond motifs is 1. The van der Waals surface area contributed by atoms with Crippen LogP contribution in [0.1, 0.15) is 31.2 Å². The molecule has 1 aromatic carbocycles. The van der Waals surface area contributed by atoms with E-state index in [-0.39, 0.29) is 6.42 Å². The molecule has 3 atom stereocenters. The maximum Gasteiger partial charge on any atom is 0.305 e. The number of carbonyl (C=O) groups is 4. The SMILES string of the molecule is N[C@H]1CCCCNC(=O)[C@H](CC(=O)O)NC(=O)[C@H](Cc2c[nH]c3ccccc23)NC1=O. The summed E-state index contributed by atoms with van der Waals surface area (Å²) in [6.45, 7) is 0.304. The van der Waals surface area contributed by atoms with E-state index in [0.29, 0.717) is 25.8 Å². The highest BCUT2D eigenvalue weighted by molar-refractivity contribution is 5.95. The Morgan fingerprint density at radius 3 is 2.55 bits per heavy atom. The number of para-hydroxylation sites is 1. The number of aromatic amines is 1. The highest BCUT2D eigenvalue weighted by Crippen LogP contribution is 2.19. The Labute approximate surface area is 178 Å². The number of carboxylic acids is 1. The van der Waals surface area contributed by atoms with Crippen molar-refractivity contribution in [3.05, 3.63) is 36.0 Å². The van der Waals surface area contributed by atoms with Crippen LogP contribution in [0.5, 0.6) is 0 Å². The van der Waals surface area contributed by atoms with E-state index < -0.39 is 48.2 Å². The minimum atomic E-state index is -1.25. The molecule has 31 heavy (non-hydrogen) atoms. The molecule has 0 aliphatic carbocycles. The molecule has 1 fully saturated rings. The largest absolute Gasteiger partial charge is 0.481 e. The van der Waals surface area contributed by atoms with E-state index in [0.717, 1.165) is 16.5 Å². The monoisotopic (exact) mass is 429 g/mol. The molecule has 2 aromatic rings. The molecule has 0 bridgehead atoms. The molecule has 0 unspecified atom stereocenters. The summed E-state index contributed by atoms with van der Waals surface area (Å²) < 4.78 is 0. The van der Waals surface area contributed by atoms with Crippen LogP contribution >= 0.6 is 0 Å². The smallest absolute Gasteiger partial charge is 0.305 e. The third-order valence-corrected chi connectivity index (χ3v) is 5.32. The number of amides is 3. The Balaban J connectivity index is 1.87. The summed E-state index contributed by atoms with van der Waals surface area (Å²) in [5.74, 6) is -2.90. The van der Waals surface area contributed by atoms with Gasteiger partial charge in [-0.25, -0.2) is 0 Å². The predicted molar refractivity (Wildman–Crippen MR) is 113 cm³/mol. The third kappa shape index (κ3) is 5.82.